The molecule has 142 valence electrons. The maximum absolute atomic E-state index is 12.5. The molecule has 0 bridgehead atoms. The van der Waals surface area contributed by atoms with Crippen LogP contribution in [0.5, 0.6) is 0 Å². The predicted octanol–water partition coefficient (Wildman–Crippen LogP) is 3.81. The van der Waals surface area contributed by atoms with Crippen molar-refractivity contribution in [3.8, 4) is 0 Å². The van der Waals surface area contributed by atoms with Crippen LogP contribution in [0.1, 0.15) is 21.7 Å². The quantitative estimate of drug-likeness (QED) is 0.591. The molecule has 7 nitrogen and oxygen atoms in total. The topological polar surface area (TPSA) is 96.0 Å². The summed E-state index contributed by atoms with van der Waals surface area (Å²) in [5.74, 6) is -0.244. The van der Waals surface area contributed by atoms with E-state index >= 15 is 0 Å². The van der Waals surface area contributed by atoms with Gasteiger partial charge in [-0.3, -0.25) is 4.79 Å². The molecule has 0 aliphatic heterocycles. The number of amides is 3. The number of aryl methyl sites for hydroxylation is 2. The van der Waals surface area contributed by atoms with E-state index in [9.17, 15) is 9.59 Å². The van der Waals surface area contributed by atoms with Gasteiger partial charge in [-0.15, -0.1) is 6.58 Å². The summed E-state index contributed by atoms with van der Waals surface area (Å²) >= 11 is 0. The van der Waals surface area contributed by atoms with Crippen LogP contribution in [0.2, 0.25) is 0 Å². The Balaban J connectivity index is 1.69. The number of hydrogen-bond acceptors (Lipinski definition) is 4. The minimum Gasteiger partial charge on any atom is -0.334 e. The number of carbonyl (C=O) groups excluding carboxylic acids is 2. The number of hydrogen-bond donors (Lipinski definition) is 3. The largest absolute Gasteiger partial charge is 0.334 e. The van der Waals surface area contributed by atoms with Gasteiger partial charge in [0.25, 0.3) is 5.91 Å². The van der Waals surface area contributed by atoms with Crippen molar-refractivity contribution in [1.29, 1.82) is 0 Å². The van der Waals surface area contributed by atoms with Crippen LogP contribution in [0, 0.1) is 13.8 Å². The number of aromatic nitrogens is 2. The zero-order valence-electron chi connectivity index (χ0n) is 15.7. The Hall–Kier alpha value is -3.74. The first kappa shape index (κ1) is 19.0. The van der Waals surface area contributed by atoms with Gasteiger partial charge in [-0.1, -0.05) is 6.08 Å². The third kappa shape index (κ3) is 4.50. The molecule has 2 aromatic carbocycles. The van der Waals surface area contributed by atoms with Gasteiger partial charge < -0.3 is 16.0 Å². The van der Waals surface area contributed by atoms with Crippen molar-refractivity contribution < 1.29 is 9.59 Å². The van der Waals surface area contributed by atoms with E-state index in [2.05, 4.69) is 32.5 Å². The molecule has 3 amide bonds. The van der Waals surface area contributed by atoms with Crippen molar-refractivity contribution in [3.05, 3.63) is 72.1 Å². The van der Waals surface area contributed by atoms with Crippen molar-refractivity contribution in [1.82, 2.24) is 15.3 Å². The van der Waals surface area contributed by atoms with Crippen LogP contribution in [-0.4, -0.2) is 28.5 Å². The number of anilines is 2. The molecule has 3 aromatic rings. The van der Waals surface area contributed by atoms with Crippen molar-refractivity contribution in [2.75, 3.05) is 17.2 Å². The lowest BCUT2D eigenvalue weighted by Gasteiger charge is -2.09. The lowest BCUT2D eigenvalue weighted by molar-refractivity contribution is 0.102. The molecular weight excluding hydrogens is 354 g/mol. The molecule has 1 aromatic heterocycles. The van der Waals surface area contributed by atoms with Crippen molar-refractivity contribution in [2.45, 2.75) is 13.8 Å². The average molecular weight is 375 g/mol. The molecule has 0 unspecified atom stereocenters. The third-order valence-corrected chi connectivity index (χ3v) is 4.15. The number of nitrogens with zero attached hydrogens (tertiary/aromatic N) is 2. The Morgan fingerprint density at radius 3 is 2.18 bits per heavy atom. The Morgan fingerprint density at radius 2 is 1.54 bits per heavy atom. The fourth-order valence-electron chi connectivity index (χ4n) is 2.55. The second-order valence-corrected chi connectivity index (χ2v) is 6.25. The molecule has 3 N–H and O–H groups in total. The van der Waals surface area contributed by atoms with Crippen LogP contribution >= 0.6 is 0 Å². The summed E-state index contributed by atoms with van der Waals surface area (Å²) < 4.78 is 0. The summed E-state index contributed by atoms with van der Waals surface area (Å²) in [6.45, 7) is 7.72. The van der Waals surface area contributed by atoms with Gasteiger partial charge in [0.2, 0.25) is 0 Å². The smallest absolute Gasteiger partial charge is 0.319 e. The maximum Gasteiger partial charge on any atom is 0.319 e. The Morgan fingerprint density at radius 1 is 0.929 bits per heavy atom. The first-order chi connectivity index (χ1) is 13.5. The van der Waals surface area contributed by atoms with Gasteiger partial charge in [0.15, 0.2) is 0 Å². The molecule has 0 radical (unpaired) electrons. The molecule has 0 aliphatic carbocycles. The van der Waals surface area contributed by atoms with E-state index in [-0.39, 0.29) is 11.9 Å². The molecule has 0 saturated carbocycles. The molecule has 0 atom stereocenters. The normalized spacial score (nSPS) is 10.4. The number of urea groups is 1. The summed E-state index contributed by atoms with van der Waals surface area (Å²) in [7, 11) is 0. The van der Waals surface area contributed by atoms with Crippen molar-refractivity contribution in [3.63, 3.8) is 0 Å². The van der Waals surface area contributed by atoms with Gasteiger partial charge in [-0.25, -0.2) is 14.8 Å². The van der Waals surface area contributed by atoms with Gasteiger partial charge in [0.05, 0.1) is 22.4 Å². The lowest BCUT2D eigenvalue weighted by Crippen LogP contribution is -2.28. The number of rotatable bonds is 5. The molecule has 28 heavy (non-hydrogen) atoms. The number of fused-ring (bicyclic) bond motifs is 1. The van der Waals surface area contributed by atoms with Crippen LogP contribution in [0.25, 0.3) is 11.0 Å². The highest BCUT2D eigenvalue weighted by atomic mass is 16.2. The van der Waals surface area contributed by atoms with E-state index in [1.807, 2.05) is 13.8 Å². The molecule has 1 heterocycles. The summed E-state index contributed by atoms with van der Waals surface area (Å²) in [4.78, 5) is 33.1. The molecule has 0 spiro atoms. The summed E-state index contributed by atoms with van der Waals surface area (Å²) in [6, 6.07) is 11.8. The number of carbonyl (C=O) groups is 2. The van der Waals surface area contributed by atoms with E-state index in [1.54, 1.807) is 48.5 Å². The van der Waals surface area contributed by atoms with Gasteiger partial charge in [-0.2, -0.15) is 0 Å². The van der Waals surface area contributed by atoms with Crippen LogP contribution in [0.4, 0.5) is 16.2 Å². The van der Waals surface area contributed by atoms with Crippen LogP contribution in [-0.2, 0) is 0 Å². The maximum atomic E-state index is 12.5. The highest BCUT2D eigenvalue weighted by Crippen LogP contribution is 2.17. The van der Waals surface area contributed by atoms with Crippen molar-refractivity contribution >= 4 is 34.3 Å². The summed E-state index contributed by atoms with van der Waals surface area (Å²) in [5.41, 5.74) is 4.88. The predicted molar refractivity (Wildman–Crippen MR) is 111 cm³/mol. The zero-order chi connectivity index (χ0) is 20.1. The minimum absolute atomic E-state index is 0.244. The first-order valence-electron chi connectivity index (χ1n) is 8.78. The minimum atomic E-state index is -0.320. The van der Waals surface area contributed by atoms with Crippen LogP contribution in [0.3, 0.4) is 0 Å². The molecule has 0 saturated heterocycles. The van der Waals surface area contributed by atoms with E-state index < -0.39 is 0 Å². The second-order valence-electron chi connectivity index (χ2n) is 6.25. The number of benzene rings is 2. The Kier molecular flexibility index (Phi) is 5.64. The second kappa shape index (κ2) is 8.30. The van der Waals surface area contributed by atoms with Crippen LogP contribution in [0.15, 0.2) is 55.1 Å². The van der Waals surface area contributed by atoms with E-state index in [1.165, 1.54) is 0 Å². The number of nitrogens with one attached hydrogen (secondary N) is 3. The first-order valence-corrected chi connectivity index (χ1v) is 8.78. The van der Waals surface area contributed by atoms with Gasteiger partial charge in [0.1, 0.15) is 0 Å². The summed E-state index contributed by atoms with van der Waals surface area (Å²) in [6.07, 6.45) is 1.60. The molecule has 0 fully saturated rings. The Labute approximate surface area is 162 Å². The zero-order valence-corrected chi connectivity index (χ0v) is 15.7. The van der Waals surface area contributed by atoms with Crippen molar-refractivity contribution in [2.24, 2.45) is 0 Å². The van der Waals surface area contributed by atoms with E-state index in [0.717, 1.165) is 16.9 Å². The fourth-order valence-corrected chi connectivity index (χ4v) is 2.55. The Bertz CT molecular complexity index is 1040. The van der Waals surface area contributed by atoms with E-state index in [0.29, 0.717) is 29.0 Å². The molecule has 3 rings (SSSR count). The fraction of sp³-hybridized carbons (Fsp3) is 0.143. The van der Waals surface area contributed by atoms with E-state index in [4.69, 9.17) is 0 Å². The highest BCUT2D eigenvalue weighted by molar-refractivity contribution is 6.06. The van der Waals surface area contributed by atoms with Gasteiger partial charge >= 0.3 is 6.03 Å². The molecule has 0 aliphatic rings. The lowest BCUT2D eigenvalue weighted by atomic mass is 10.1. The molecule has 7 heteroatoms. The standard InChI is InChI=1S/C21H21N5O2/c1-4-11-22-21(28)26-17-8-6-16(7-9-17)25-20(27)15-5-10-18-19(12-15)24-14(3)13(2)23-18/h4-10,12H,1,11H2,2-3H3,(H,25,27)(H2,22,26,28). The molecular formula is C21H21N5O2. The summed E-state index contributed by atoms with van der Waals surface area (Å²) in [5, 5.41) is 8.15. The monoisotopic (exact) mass is 375 g/mol. The van der Waals surface area contributed by atoms with Gasteiger partial charge in [-0.05, 0) is 56.3 Å². The highest BCUT2D eigenvalue weighted by Gasteiger charge is 2.09. The third-order valence-electron chi connectivity index (χ3n) is 4.15. The van der Waals surface area contributed by atoms with Gasteiger partial charge in [0, 0.05) is 23.5 Å². The average Bonchev–Trinajstić information content (AvgIpc) is 2.68. The SMILES string of the molecule is C=CCNC(=O)Nc1ccc(NC(=O)c2ccc3nc(C)c(C)nc3c2)cc1. The van der Waals surface area contributed by atoms with Crippen LogP contribution < -0.4 is 16.0 Å².